The van der Waals surface area contributed by atoms with Crippen LogP contribution in [0.25, 0.3) is 0 Å². The van der Waals surface area contributed by atoms with Gasteiger partial charge in [-0.3, -0.25) is 14.9 Å². The number of carbonyl (C=O) groups is 2. The molecule has 0 aliphatic heterocycles. The molecule has 0 atom stereocenters. The van der Waals surface area contributed by atoms with Gasteiger partial charge >= 0.3 is 5.97 Å². The fraction of sp³-hybridized carbons (Fsp3) is 0.385. The Morgan fingerprint density at radius 3 is 2.57 bits per heavy atom. The number of ether oxygens (including phenoxy) is 2. The molecule has 8 heteroatoms. The Bertz CT molecular complexity index is 558. The Morgan fingerprint density at radius 2 is 2.05 bits per heavy atom. The number of rotatable bonds is 6. The van der Waals surface area contributed by atoms with Crippen LogP contribution < -0.4 is 4.90 Å². The third-order valence-corrected chi connectivity index (χ3v) is 2.69. The summed E-state index contributed by atoms with van der Waals surface area (Å²) < 4.78 is 9.61. The molecule has 0 aromatic heterocycles. The van der Waals surface area contributed by atoms with Crippen LogP contribution in [0, 0.1) is 10.1 Å². The summed E-state index contributed by atoms with van der Waals surface area (Å²) in [5.41, 5.74) is -0.0470. The van der Waals surface area contributed by atoms with Gasteiger partial charge in [-0.05, 0) is 13.0 Å². The smallest absolute Gasteiger partial charge is 0.340 e. The first-order valence-electron chi connectivity index (χ1n) is 6.13. The molecule has 8 nitrogen and oxygen atoms in total. The molecule has 1 aromatic rings. The number of non-ortho nitro benzene ring substituents is 1. The summed E-state index contributed by atoms with van der Waals surface area (Å²) in [5, 5.41) is 10.8. The SMILES string of the molecule is CCOC(=O)c1ccc([N+](=O)[O-])cc1N(C)C(=O)COC. The Hall–Kier alpha value is -2.48. The molecule has 0 N–H and O–H groups in total. The molecule has 0 saturated carbocycles. The molecule has 0 aliphatic rings. The van der Waals surface area contributed by atoms with E-state index in [1.54, 1.807) is 6.92 Å². The zero-order valence-corrected chi connectivity index (χ0v) is 12.0. The molecule has 0 heterocycles. The van der Waals surface area contributed by atoms with Gasteiger partial charge in [-0.1, -0.05) is 0 Å². The van der Waals surface area contributed by atoms with Crippen molar-refractivity contribution in [1.82, 2.24) is 0 Å². The van der Waals surface area contributed by atoms with E-state index in [9.17, 15) is 19.7 Å². The number of carbonyl (C=O) groups excluding carboxylic acids is 2. The zero-order valence-electron chi connectivity index (χ0n) is 12.0. The third-order valence-electron chi connectivity index (χ3n) is 2.69. The van der Waals surface area contributed by atoms with Crippen LogP contribution in [0.4, 0.5) is 11.4 Å². The van der Waals surface area contributed by atoms with Gasteiger partial charge in [0.05, 0.1) is 22.8 Å². The molecule has 0 unspecified atom stereocenters. The summed E-state index contributed by atoms with van der Waals surface area (Å²) >= 11 is 0. The van der Waals surface area contributed by atoms with Crippen LogP contribution in [0.1, 0.15) is 17.3 Å². The minimum absolute atomic E-state index is 0.0782. The van der Waals surface area contributed by atoms with Gasteiger partial charge in [-0.25, -0.2) is 4.79 Å². The summed E-state index contributed by atoms with van der Waals surface area (Å²) in [5.74, 6) is -1.09. The lowest BCUT2D eigenvalue weighted by Gasteiger charge is -2.19. The van der Waals surface area contributed by atoms with E-state index >= 15 is 0 Å². The number of hydrogen-bond donors (Lipinski definition) is 0. The molecular weight excluding hydrogens is 280 g/mol. The first-order chi connectivity index (χ1) is 9.92. The fourth-order valence-electron chi connectivity index (χ4n) is 1.65. The molecule has 21 heavy (non-hydrogen) atoms. The molecule has 1 rings (SSSR count). The fourth-order valence-corrected chi connectivity index (χ4v) is 1.65. The Kier molecular flexibility index (Phi) is 5.79. The number of likely N-dealkylation sites (N-methyl/N-ethyl adjacent to an activating group) is 1. The molecule has 1 amide bonds. The van der Waals surface area contributed by atoms with E-state index in [4.69, 9.17) is 9.47 Å². The van der Waals surface area contributed by atoms with Crippen molar-refractivity contribution in [3.63, 3.8) is 0 Å². The standard InChI is InChI=1S/C13H16N2O6/c1-4-21-13(17)10-6-5-9(15(18)19)7-11(10)14(2)12(16)8-20-3/h5-7H,4,8H2,1-3H3. The number of methoxy groups -OCH3 is 1. The minimum atomic E-state index is -0.653. The van der Waals surface area contributed by atoms with Gasteiger partial charge in [-0.2, -0.15) is 0 Å². The highest BCUT2D eigenvalue weighted by Gasteiger charge is 2.22. The number of amides is 1. The largest absolute Gasteiger partial charge is 0.462 e. The summed E-state index contributed by atoms with van der Waals surface area (Å²) in [6.45, 7) is 1.59. The van der Waals surface area contributed by atoms with Crippen molar-refractivity contribution in [3.8, 4) is 0 Å². The molecule has 0 radical (unpaired) electrons. The molecule has 0 spiro atoms. The van der Waals surface area contributed by atoms with Crippen molar-refractivity contribution < 1.29 is 24.0 Å². The second-order valence-corrected chi connectivity index (χ2v) is 4.06. The Morgan fingerprint density at radius 1 is 1.38 bits per heavy atom. The molecular formula is C13H16N2O6. The van der Waals surface area contributed by atoms with Gasteiger partial charge in [-0.15, -0.1) is 0 Å². The van der Waals surface area contributed by atoms with Crippen molar-refractivity contribution in [3.05, 3.63) is 33.9 Å². The first kappa shape index (κ1) is 16.6. The first-order valence-corrected chi connectivity index (χ1v) is 6.13. The van der Waals surface area contributed by atoms with Crippen LogP contribution >= 0.6 is 0 Å². The summed E-state index contributed by atoms with van der Waals surface area (Å²) in [7, 11) is 2.76. The van der Waals surface area contributed by atoms with Crippen LogP contribution in [0.5, 0.6) is 0 Å². The maximum atomic E-state index is 11.9. The average molecular weight is 296 g/mol. The predicted octanol–water partition coefficient (Wildman–Crippen LogP) is 1.38. The van der Waals surface area contributed by atoms with E-state index in [1.165, 1.54) is 26.3 Å². The van der Waals surface area contributed by atoms with E-state index < -0.39 is 16.8 Å². The maximum Gasteiger partial charge on any atom is 0.340 e. The second kappa shape index (κ2) is 7.34. The Labute approximate surface area is 121 Å². The van der Waals surface area contributed by atoms with Crippen molar-refractivity contribution in [1.29, 1.82) is 0 Å². The quantitative estimate of drug-likeness (QED) is 0.447. The highest BCUT2D eigenvalue weighted by Crippen LogP contribution is 2.26. The molecule has 0 bridgehead atoms. The van der Waals surface area contributed by atoms with Crippen LogP contribution in [0.2, 0.25) is 0 Å². The average Bonchev–Trinajstić information content (AvgIpc) is 2.46. The minimum Gasteiger partial charge on any atom is -0.462 e. The van der Waals surface area contributed by atoms with Crippen molar-refractivity contribution in [2.45, 2.75) is 6.92 Å². The number of nitro groups is 1. The van der Waals surface area contributed by atoms with Gasteiger partial charge < -0.3 is 14.4 Å². The maximum absolute atomic E-state index is 11.9. The van der Waals surface area contributed by atoms with E-state index in [2.05, 4.69) is 0 Å². The number of benzene rings is 1. The number of nitrogens with zero attached hydrogens (tertiary/aromatic N) is 2. The number of hydrogen-bond acceptors (Lipinski definition) is 6. The monoisotopic (exact) mass is 296 g/mol. The number of esters is 1. The third kappa shape index (κ3) is 3.99. The summed E-state index contributed by atoms with van der Waals surface area (Å²) in [4.78, 5) is 35.1. The van der Waals surface area contributed by atoms with Crippen LogP contribution in [-0.4, -0.2) is 44.2 Å². The highest BCUT2D eigenvalue weighted by molar-refractivity contribution is 6.03. The van der Waals surface area contributed by atoms with Crippen LogP contribution in [0.3, 0.4) is 0 Å². The predicted molar refractivity (Wildman–Crippen MR) is 74.3 cm³/mol. The van der Waals surface area contributed by atoms with Gasteiger partial charge in [0.1, 0.15) is 6.61 Å². The Balaban J connectivity index is 3.28. The van der Waals surface area contributed by atoms with Crippen molar-refractivity contribution in [2.24, 2.45) is 0 Å². The second-order valence-electron chi connectivity index (χ2n) is 4.06. The van der Waals surface area contributed by atoms with Crippen molar-refractivity contribution >= 4 is 23.3 Å². The van der Waals surface area contributed by atoms with Crippen molar-refractivity contribution in [2.75, 3.05) is 32.3 Å². The van der Waals surface area contributed by atoms with E-state index in [-0.39, 0.29) is 30.2 Å². The van der Waals surface area contributed by atoms with Gasteiger partial charge in [0.15, 0.2) is 0 Å². The number of nitro benzene ring substituents is 1. The topological polar surface area (TPSA) is 99.0 Å². The molecule has 1 aromatic carbocycles. The van der Waals surface area contributed by atoms with Crippen LogP contribution in [-0.2, 0) is 14.3 Å². The van der Waals surface area contributed by atoms with Gasteiger partial charge in [0.25, 0.3) is 11.6 Å². The summed E-state index contributed by atoms with van der Waals surface area (Å²) in [6.07, 6.45) is 0. The molecule has 0 fully saturated rings. The lowest BCUT2D eigenvalue weighted by Crippen LogP contribution is -2.31. The van der Waals surface area contributed by atoms with Gasteiger partial charge in [0, 0.05) is 26.3 Å². The summed E-state index contributed by atoms with van der Waals surface area (Å²) in [6, 6.07) is 3.60. The normalized spacial score (nSPS) is 10.0. The van der Waals surface area contributed by atoms with E-state index in [0.717, 1.165) is 11.0 Å². The van der Waals surface area contributed by atoms with E-state index in [0.29, 0.717) is 0 Å². The molecule has 114 valence electrons. The van der Waals surface area contributed by atoms with Gasteiger partial charge in [0.2, 0.25) is 0 Å². The highest BCUT2D eigenvalue weighted by atomic mass is 16.6. The van der Waals surface area contributed by atoms with E-state index in [1.807, 2.05) is 0 Å². The lowest BCUT2D eigenvalue weighted by atomic mass is 10.1. The van der Waals surface area contributed by atoms with Crippen LogP contribution in [0.15, 0.2) is 18.2 Å². The zero-order chi connectivity index (χ0) is 16.0. The molecule has 0 saturated heterocycles. The lowest BCUT2D eigenvalue weighted by molar-refractivity contribution is -0.384. The molecule has 0 aliphatic carbocycles. The number of anilines is 1.